The smallest absolute Gasteiger partial charge is 0.274 e. The van der Waals surface area contributed by atoms with E-state index >= 15 is 0 Å². The van der Waals surface area contributed by atoms with E-state index in [1.54, 1.807) is 25.1 Å². The van der Waals surface area contributed by atoms with Crippen molar-refractivity contribution in [3.05, 3.63) is 29.3 Å². The van der Waals surface area contributed by atoms with Gasteiger partial charge >= 0.3 is 0 Å². The molecule has 6 heteroatoms. The molecule has 5 N–H and O–H groups in total. The topological polar surface area (TPSA) is 107 Å². The van der Waals surface area contributed by atoms with Crippen LogP contribution in [0.25, 0.3) is 0 Å². The maximum atomic E-state index is 11.5. The third-order valence-electron chi connectivity index (χ3n) is 1.91. The van der Waals surface area contributed by atoms with Crippen molar-refractivity contribution in [3.8, 4) is 0 Å². The fourth-order valence-corrected chi connectivity index (χ4v) is 1.05. The maximum Gasteiger partial charge on any atom is 0.274 e. The van der Waals surface area contributed by atoms with Crippen LogP contribution in [-0.2, 0) is 9.63 Å². The minimum absolute atomic E-state index is 0.361. The molecule has 0 aliphatic rings. The van der Waals surface area contributed by atoms with Crippen LogP contribution in [0.2, 0.25) is 0 Å². The van der Waals surface area contributed by atoms with Gasteiger partial charge in [0.1, 0.15) is 0 Å². The molecular formula is C10H13N3O3. The van der Waals surface area contributed by atoms with Gasteiger partial charge < -0.3 is 11.5 Å². The zero-order valence-corrected chi connectivity index (χ0v) is 8.82. The van der Waals surface area contributed by atoms with Crippen molar-refractivity contribution in [2.45, 2.75) is 6.92 Å². The molecule has 1 rings (SSSR count). The number of nitrogens with two attached hydrogens (primary N) is 2. The molecular weight excluding hydrogens is 210 g/mol. The van der Waals surface area contributed by atoms with E-state index in [4.69, 9.17) is 11.5 Å². The molecule has 1 aromatic carbocycles. The van der Waals surface area contributed by atoms with Crippen molar-refractivity contribution in [1.29, 1.82) is 0 Å². The van der Waals surface area contributed by atoms with Crippen molar-refractivity contribution in [1.82, 2.24) is 5.48 Å². The Hall–Kier alpha value is -2.08. The number of amides is 2. The third-order valence-corrected chi connectivity index (χ3v) is 1.91. The Morgan fingerprint density at radius 1 is 1.44 bits per heavy atom. The molecule has 0 heterocycles. The number of carbonyl (C=O) groups is 2. The van der Waals surface area contributed by atoms with Gasteiger partial charge in [0, 0.05) is 11.3 Å². The average Bonchev–Trinajstić information content (AvgIpc) is 2.21. The van der Waals surface area contributed by atoms with Crippen LogP contribution in [0.5, 0.6) is 0 Å². The molecule has 0 fully saturated rings. The Bertz CT molecular complexity index is 418. The normalized spacial score (nSPS) is 9.81. The van der Waals surface area contributed by atoms with Gasteiger partial charge in [-0.15, -0.1) is 0 Å². The first-order valence-corrected chi connectivity index (χ1v) is 4.57. The van der Waals surface area contributed by atoms with Gasteiger partial charge in [-0.25, -0.2) is 5.48 Å². The molecule has 0 unspecified atom stereocenters. The second kappa shape index (κ2) is 5.13. The lowest BCUT2D eigenvalue weighted by Gasteiger charge is -2.06. The number of anilines is 1. The Balaban J connectivity index is 2.59. The van der Waals surface area contributed by atoms with Crippen molar-refractivity contribution >= 4 is 17.5 Å². The zero-order chi connectivity index (χ0) is 12.1. The van der Waals surface area contributed by atoms with Crippen LogP contribution in [0, 0.1) is 6.92 Å². The highest BCUT2D eigenvalue weighted by atomic mass is 16.7. The van der Waals surface area contributed by atoms with Crippen LogP contribution in [-0.4, -0.2) is 18.4 Å². The number of nitrogen functional groups attached to an aromatic ring is 1. The SMILES string of the molecule is Cc1cc(C(=O)NOCC(N)=O)ccc1N. The van der Waals surface area contributed by atoms with Crippen molar-refractivity contribution in [2.75, 3.05) is 12.3 Å². The zero-order valence-electron chi connectivity index (χ0n) is 8.82. The molecule has 6 nitrogen and oxygen atoms in total. The number of aryl methyl sites for hydroxylation is 1. The van der Waals surface area contributed by atoms with Crippen LogP contribution in [0.15, 0.2) is 18.2 Å². The average molecular weight is 223 g/mol. The molecule has 0 aliphatic carbocycles. The van der Waals surface area contributed by atoms with Gasteiger partial charge in [0.2, 0.25) is 5.91 Å². The van der Waals surface area contributed by atoms with E-state index in [2.05, 4.69) is 10.3 Å². The molecule has 0 saturated heterocycles. The van der Waals surface area contributed by atoms with Gasteiger partial charge in [0.25, 0.3) is 5.91 Å². The highest BCUT2D eigenvalue weighted by molar-refractivity contribution is 5.94. The van der Waals surface area contributed by atoms with Crippen molar-refractivity contribution in [2.24, 2.45) is 5.73 Å². The molecule has 0 saturated carbocycles. The Kier molecular flexibility index (Phi) is 3.84. The molecule has 86 valence electrons. The molecule has 16 heavy (non-hydrogen) atoms. The summed E-state index contributed by atoms with van der Waals surface area (Å²) in [5.74, 6) is -1.11. The van der Waals surface area contributed by atoms with E-state index in [1.807, 2.05) is 0 Å². The predicted octanol–water partition coefficient (Wildman–Crippen LogP) is -0.276. The summed E-state index contributed by atoms with van der Waals surface area (Å²) in [5, 5.41) is 0. The minimum atomic E-state index is -0.659. The summed E-state index contributed by atoms with van der Waals surface area (Å²) in [4.78, 5) is 26.4. The van der Waals surface area contributed by atoms with E-state index in [-0.39, 0.29) is 6.61 Å². The Labute approximate surface area is 92.5 Å². The van der Waals surface area contributed by atoms with Crippen LogP contribution < -0.4 is 16.9 Å². The quantitative estimate of drug-likeness (QED) is 0.482. The van der Waals surface area contributed by atoms with E-state index < -0.39 is 11.8 Å². The van der Waals surface area contributed by atoms with Gasteiger partial charge in [0.05, 0.1) is 0 Å². The van der Waals surface area contributed by atoms with Gasteiger partial charge in [-0.2, -0.15) is 0 Å². The molecule has 0 radical (unpaired) electrons. The lowest BCUT2D eigenvalue weighted by molar-refractivity contribution is -0.124. The molecule has 0 spiro atoms. The first-order valence-electron chi connectivity index (χ1n) is 4.57. The van der Waals surface area contributed by atoms with Crippen LogP contribution in [0.4, 0.5) is 5.69 Å². The summed E-state index contributed by atoms with van der Waals surface area (Å²) in [7, 11) is 0. The van der Waals surface area contributed by atoms with E-state index in [9.17, 15) is 9.59 Å². The first kappa shape index (κ1) is 12.0. The lowest BCUT2D eigenvalue weighted by Crippen LogP contribution is -2.29. The second-order valence-corrected chi connectivity index (χ2v) is 3.26. The third kappa shape index (κ3) is 3.25. The summed E-state index contributed by atoms with van der Waals surface area (Å²) >= 11 is 0. The number of rotatable bonds is 4. The van der Waals surface area contributed by atoms with Crippen molar-refractivity contribution < 1.29 is 14.4 Å². The summed E-state index contributed by atoms with van der Waals surface area (Å²) in [6, 6.07) is 4.81. The Morgan fingerprint density at radius 2 is 2.12 bits per heavy atom. The summed E-state index contributed by atoms with van der Waals surface area (Å²) in [6.07, 6.45) is 0. The summed E-state index contributed by atoms with van der Waals surface area (Å²) < 4.78 is 0. The number of hydroxylamine groups is 1. The standard InChI is InChI=1S/C10H13N3O3/c1-6-4-7(2-3-8(6)11)10(15)13-16-5-9(12)14/h2-4H,5,11H2,1H3,(H2,12,14)(H,13,15). The number of primary amides is 1. The van der Waals surface area contributed by atoms with Crippen LogP contribution >= 0.6 is 0 Å². The van der Waals surface area contributed by atoms with Gasteiger partial charge in [0.15, 0.2) is 6.61 Å². The molecule has 0 bridgehead atoms. The van der Waals surface area contributed by atoms with E-state index in [0.717, 1.165) is 5.56 Å². The first-order chi connectivity index (χ1) is 7.50. The maximum absolute atomic E-state index is 11.5. The summed E-state index contributed by atoms with van der Waals surface area (Å²) in [5.41, 5.74) is 14.3. The summed E-state index contributed by atoms with van der Waals surface area (Å²) in [6.45, 7) is 1.43. The van der Waals surface area contributed by atoms with E-state index in [0.29, 0.717) is 11.3 Å². The fourth-order valence-electron chi connectivity index (χ4n) is 1.05. The predicted molar refractivity (Wildman–Crippen MR) is 58.2 cm³/mol. The highest BCUT2D eigenvalue weighted by Gasteiger charge is 2.07. The van der Waals surface area contributed by atoms with Gasteiger partial charge in [-0.1, -0.05) is 0 Å². The Morgan fingerprint density at radius 3 is 2.69 bits per heavy atom. The fraction of sp³-hybridized carbons (Fsp3) is 0.200. The molecule has 1 aromatic rings. The number of carbonyl (C=O) groups excluding carboxylic acids is 2. The highest BCUT2D eigenvalue weighted by Crippen LogP contribution is 2.12. The number of hydrogen-bond donors (Lipinski definition) is 3. The number of hydrogen-bond acceptors (Lipinski definition) is 4. The molecule has 0 atom stereocenters. The minimum Gasteiger partial charge on any atom is -0.399 e. The lowest BCUT2D eigenvalue weighted by atomic mass is 10.1. The molecule has 0 aromatic heterocycles. The van der Waals surface area contributed by atoms with Crippen LogP contribution in [0.1, 0.15) is 15.9 Å². The molecule has 2 amide bonds. The van der Waals surface area contributed by atoms with Crippen molar-refractivity contribution in [3.63, 3.8) is 0 Å². The number of benzene rings is 1. The largest absolute Gasteiger partial charge is 0.399 e. The van der Waals surface area contributed by atoms with E-state index in [1.165, 1.54) is 0 Å². The number of nitrogens with one attached hydrogen (secondary N) is 1. The molecule has 0 aliphatic heterocycles. The van der Waals surface area contributed by atoms with Crippen LogP contribution in [0.3, 0.4) is 0 Å². The van der Waals surface area contributed by atoms with Gasteiger partial charge in [-0.05, 0) is 30.7 Å². The van der Waals surface area contributed by atoms with Gasteiger partial charge in [-0.3, -0.25) is 14.4 Å². The monoisotopic (exact) mass is 223 g/mol. The second-order valence-electron chi connectivity index (χ2n) is 3.26.